The fraction of sp³-hybridized carbons (Fsp3) is 0.455. The van der Waals surface area contributed by atoms with Crippen LogP contribution in [-0.2, 0) is 6.54 Å². The maximum atomic E-state index is 11.6. The third-order valence-corrected chi connectivity index (χ3v) is 4.17. The van der Waals surface area contributed by atoms with Crippen molar-refractivity contribution >= 4 is 19.5 Å². The van der Waals surface area contributed by atoms with Gasteiger partial charge in [0.15, 0.2) is 0 Å². The van der Waals surface area contributed by atoms with Crippen LogP contribution in [0.3, 0.4) is 0 Å². The largest absolute Gasteiger partial charge is 1.00 e. The van der Waals surface area contributed by atoms with E-state index in [1.54, 1.807) is 0 Å². The van der Waals surface area contributed by atoms with E-state index in [4.69, 9.17) is 16.5 Å². The molecule has 0 aromatic carbocycles. The summed E-state index contributed by atoms with van der Waals surface area (Å²) >= 11 is 5.63. The molecule has 11 heteroatoms. The molecule has 0 bridgehead atoms. The van der Waals surface area contributed by atoms with Crippen LogP contribution in [-0.4, -0.2) is 20.6 Å². The molecule has 22 heavy (non-hydrogen) atoms. The van der Waals surface area contributed by atoms with Crippen LogP contribution in [0, 0.1) is 0 Å². The maximum absolute atomic E-state index is 11.6. The number of hydrogen-bond donors (Lipinski definition) is 1. The molecule has 7 nitrogen and oxygen atoms in total. The van der Waals surface area contributed by atoms with Crippen molar-refractivity contribution in [3.8, 4) is 5.88 Å². The van der Waals surface area contributed by atoms with Gasteiger partial charge >= 0.3 is 64.8 Å². The van der Waals surface area contributed by atoms with Crippen LogP contribution in [0.1, 0.15) is 19.3 Å². The number of allylic oxidation sites excluding steroid dienone is 2. The summed E-state index contributed by atoms with van der Waals surface area (Å²) in [4.78, 5) is 45.7. The third kappa shape index (κ3) is 6.49. The summed E-state index contributed by atoms with van der Waals surface area (Å²) in [5.41, 5.74) is 0.640. The number of nitrogens with zero attached hydrogens (tertiary/aromatic N) is 2. The van der Waals surface area contributed by atoms with Gasteiger partial charge in [0.05, 0.1) is 11.2 Å². The van der Waals surface area contributed by atoms with Crippen LogP contribution in [0.4, 0.5) is 0 Å². The van der Waals surface area contributed by atoms with Gasteiger partial charge < -0.3 is 14.9 Å². The van der Waals surface area contributed by atoms with E-state index < -0.39 is 25.7 Å². The molecule has 1 aliphatic rings. The summed E-state index contributed by atoms with van der Waals surface area (Å²) < 4.78 is 1.16. The Bertz CT molecular complexity index is 617. The number of rotatable bonds is 4. The first-order valence-electron chi connectivity index (χ1n) is 5.93. The van der Waals surface area contributed by atoms with Gasteiger partial charge in [-0.15, -0.1) is 0 Å². The fourth-order valence-electron chi connectivity index (χ4n) is 2.26. The van der Waals surface area contributed by atoms with Crippen molar-refractivity contribution in [2.75, 3.05) is 6.16 Å². The minimum atomic E-state index is -4.37. The Balaban J connectivity index is 0.00000220. The molecule has 0 atom stereocenters. The summed E-state index contributed by atoms with van der Waals surface area (Å²) in [5, 5.41) is 10.9. The van der Waals surface area contributed by atoms with Crippen molar-refractivity contribution in [2.24, 2.45) is 0 Å². The molecular weight excluding hydrogens is 353 g/mol. The fourth-order valence-corrected chi connectivity index (χ4v) is 3.29. The van der Waals surface area contributed by atoms with Crippen molar-refractivity contribution < 1.29 is 78.9 Å². The van der Waals surface area contributed by atoms with Crippen LogP contribution in [0.15, 0.2) is 22.1 Å². The normalized spacial score (nSPS) is 14.5. The molecule has 0 aliphatic heterocycles. The average molecular weight is 365 g/mol. The Kier molecular flexibility index (Phi) is 9.93. The molecule has 0 radical (unpaired) electrons. The van der Waals surface area contributed by atoms with Gasteiger partial charge in [-0.05, 0) is 30.4 Å². The summed E-state index contributed by atoms with van der Waals surface area (Å²) in [6.45, 7) is 0.126. The van der Waals surface area contributed by atoms with Gasteiger partial charge in [-0.1, -0.05) is 11.6 Å². The van der Waals surface area contributed by atoms with Crippen LogP contribution in [0.2, 0.25) is 5.02 Å². The Morgan fingerprint density at radius 2 is 1.91 bits per heavy atom. The molecule has 1 N–H and O–H groups in total. The Morgan fingerprint density at radius 1 is 1.32 bits per heavy atom. The van der Waals surface area contributed by atoms with Gasteiger partial charge in [0, 0.05) is 26.6 Å². The van der Waals surface area contributed by atoms with E-state index in [-0.39, 0.29) is 70.7 Å². The number of halogens is 1. The first-order chi connectivity index (χ1) is 9.26. The smallest absolute Gasteiger partial charge is 0.857 e. The molecule has 0 amide bonds. The predicted molar refractivity (Wildman–Crippen MR) is 67.8 cm³/mol. The minimum Gasteiger partial charge on any atom is -0.857 e. The van der Waals surface area contributed by atoms with E-state index in [2.05, 4.69) is 4.98 Å². The Morgan fingerprint density at radius 3 is 2.50 bits per heavy atom. The summed E-state index contributed by atoms with van der Waals surface area (Å²) in [6.07, 6.45) is 2.76. The van der Waals surface area contributed by atoms with E-state index in [9.17, 15) is 19.7 Å². The predicted octanol–water partition coefficient (Wildman–Crippen LogP) is -7.07. The monoisotopic (exact) mass is 364 g/mol. The summed E-state index contributed by atoms with van der Waals surface area (Å²) in [6, 6.07) is 0. The molecule has 0 fully saturated rings. The van der Waals surface area contributed by atoms with E-state index in [0.717, 1.165) is 16.6 Å². The second-order valence-corrected chi connectivity index (χ2v) is 6.66. The number of hydrogen-bond acceptors (Lipinski definition) is 6. The second-order valence-electron chi connectivity index (χ2n) is 4.66. The SMILES string of the molecule is O=c1nc([O-])c(Cl)cn1CC1=C(C[P+]([O-])([O-])O)CCC1.[Na+].[Na+]. The zero-order valence-electron chi connectivity index (χ0n) is 12.4. The molecule has 0 unspecified atom stereocenters. The van der Waals surface area contributed by atoms with Gasteiger partial charge in [0.2, 0.25) is 0 Å². The van der Waals surface area contributed by atoms with E-state index >= 15 is 0 Å². The molecule has 1 aliphatic carbocycles. The van der Waals surface area contributed by atoms with Gasteiger partial charge in [-0.3, -0.25) is 9.46 Å². The van der Waals surface area contributed by atoms with Crippen molar-refractivity contribution in [3.05, 3.63) is 32.8 Å². The first kappa shape index (κ1) is 23.0. The molecule has 2 rings (SSSR count). The zero-order chi connectivity index (χ0) is 14.9. The number of aromatic nitrogens is 2. The maximum Gasteiger partial charge on any atom is 1.00 e. The van der Waals surface area contributed by atoms with Crippen LogP contribution >= 0.6 is 19.5 Å². The summed E-state index contributed by atoms with van der Waals surface area (Å²) in [7, 11) is -4.37. The van der Waals surface area contributed by atoms with Gasteiger partial charge in [0.25, 0.3) is 0 Å². The Hall–Kier alpha value is 1.02. The third-order valence-electron chi connectivity index (χ3n) is 3.13. The average Bonchev–Trinajstić information content (AvgIpc) is 2.71. The first-order valence-corrected chi connectivity index (χ1v) is 8.07. The van der Waals surface area contributed by atoms with Gasteiger partial charge in [-0.25, -0.2) is 9.78 Å². The van der Waals surface area contributed by atoms with E-state index in [1.807, 2.05) is 0 Å². The Labute approximate surface area is 177 Å². The zero-order valence-corrected chi connectivity index (χ0v) is 18.1. The standard InChI is InChI=1S/C11H14ClN2O5P.2Na/c12-9-5-14(11(16)13-10(9)15)4-7-2-1-3-8(7)6-20(17,18)19;;/h5H,1-4,6H2,(H,13,15,16)(H2,17,18,19);;/q;2*+1/p-2. The molecule has 0 spiro atoms. The molecule has 1 aromatic heterocycles. The molecule has 1 aromatic rings. The van der Waals surface area contributed by atoms with Crippen LogP contribution in [0.25, 0.3) is 0 Å². The molecule has 110 valence electrons. The van der Waals surface area contributed by atoms with Crippen molar-refractivity contribution in [1.82, 2.24) is 9.55 Å². The van der Waals surface area contributed by atoms with E-state index in [0.29, 0.717) is 18.4 Å². The van der Waals surface area contributed by atoms with Gasteiger partial charge in [-0.2, -0.15) is 0 Å². The van der Waals surface area contributed by atoms with Crippen LogP contribution in [0.5, 0.6) is 5.88 Å². The van der Waals surface area contributed by atoms with Crippen molar-refractivity contribution in [3.63, 3.8) is 0 Å². The van der Waals surface area contributed by atoms with Crippen molar-refractivity contribution in [1.29, 1.82) is 0 Å². The summed E-state index contributed by atoms with van der Waals surface area (Å²) in [5.74, 6) is -0.784. The molecule has 0 saturated heterocycles. The quantitative estimate of drug-likeness (QED) is 0.322. The van der Waals surface area contributed by atoms with E-state index in [1.165, 1.54) is 6.20 Å². The van der Waals surface area contributed by atoms with Crippen molar-refractivity contribution in [2.45, 2.75) is 25.8 Å². The van der Waals surface area contributed by atoms with Crippen LogP contribution < -0.4 is 79.7 Å². The molecular formula is C11H12ClN2Na2O5P. The minimum absolute atomic E-state index is 0. The molecule has 0 saturated carbocycles. The second kappa shape index (κ2) is 9.49. The topological polar surface area (TPSA) is 124 Å². The van der Waals surface area contributed by atoms with Gasteiger partial charge in [0.1, 0.15) is 0 Å². The molecule has 1 heterocycles.